The molecule has 1 aliphatic carbocycles. The second-order valence-electron chi connectivity index (χ2n) is 9.54. The largest absolute Gasteiger partial charge is 0.450 e. The summed E-state index contributed by atoms with van der Waals surface area (Å²) in [5.74, 6) is 0.322. The number of hydrogen-bond acceptors (Lipinski definition) is 7. The van der Waals surface area contributed by atoms with E-state index in [1.807, 2.05) is 11.8 Å². The van der Waals surface area contributed by atoms with Gasteiger partial charge in [-0.3, -0.25) is 9.88 Å². The van der Waals surface area contributed by atoms with Gasteiger partial charge in [-0.15, -0.1) is 0 Å². The van der Waals surface area contributed by atoms with Gasteiger partial charge in [0.05, 0.1) is 24.1 Å². The van der Waals surface area contributed by atoms with Crippen LogP contribution in [0, 0.1) is 22.6 Å². The number of amides is 1. The number of aromatic nitrogens is 2. The van der Waals surface area contributed by atoms with E-state index >= 15 is 0 Å². The van der Waals surface area contributed by atoms with Gasteiger partial charge in [-0.2, -0.15) is 5.26 Å². The van der Waals surface area contributed by atoms with Gasteiger partial charge in [0.15, 0.2) is 0 Å². The van der Waals surface area contributed by atoms with Crippen LogP contribution in [0.5, 0.6) is 0 Å². The highest BCUT2D eigenvalue weighted by molar-refractivity contribution is 5.73. The van der Waals surface area contributed by atoms with Crippen molar-refractivity contribution in [3.8, 4) is 17.3 Å². The second-order valence-corrected chi connectivity index (χ2v) is 9.54. The summed E-state index contributed by atoms with van der Waals surface area (Å²) in [4.78, 5) is 27.3. The highest BCUT2D eigenvalue weighted by Gasteiger charge is 2.51. The third kappa shape index (κ3) is 4.30. The van der Waals surface area contributed by atoms with Crippen LogP contribution in [0.1, 0.15) is 31.7 Å². The van der Waals surface area contributed by atoms with Crippen molar-refractivity contribution in [3.63, 3.8) is 0 Å². The number of rotatable bonds is 4. The summed E-state index contributed by atoms with van der Waals surface area (Å²) < 4.78 is 19.2. The minimum Gasteiger partial charge on any atom is -0.450 e. The Morgan fingerprint density at radius 1 is 1.24 bits per heavy atom. The first kappa shape index (κ1) is 22.5. The van der Waals surface area contributed by atoms with E-state index in [2.05, 4.69) is 25.8 Å². The van der Waals surface area contributed by atoms with Crippen molar-refractivity contribution in [1.29, 1.82) is 5.26 Å². The lowest BCUT2D eigenvalue weighted by Gasteiger charge is -2.48. The molecule has 9 heteroatoms. The Labute approximate surface area is 198 Å². The summed E-state index contributed by atoms with van der Waals surface area (Å²) in [5, 5.41) is 9.03. The number of carbonyl (C=O) groups is 1. The average molecular weight is 465 g/mol. The van der Waals surface area contributed by atoms with E-state index in [9.17, 15) is 9.18 Å². The number of hydrogen-bond donors (Lipinski definition) is 0. The SMILES string of the molecule is CCOC(=O)N1CC2(CC[C@@H](N3CCN(c4ncc(F)cc4-c4ccc(C#N)cn4)CC3)C2)C1. The fourth-order valence-corrected chi connectivity index (χ4v) is 5.67. The summed E-state index contributed by atoms with van der Waals surface area (Å²) in [6, 6.07) is 7.49. The average Bonchev–Trinajstić information content (AvgIpc) is 3.29. The maximum absolute atomic E-state index is 14.0. The zero-order valence-corrected chi connectivity index (χ0v) is 19.4. The van der Waals surface area contributed by atoms with Gasteiger partial charge in [0.1, 0.15) is 17.7 Å². The van der Waals surface area contributed by atoms with E-state index in [0.29, 0.717) is 29.5 Å². The molecule has 1 saturated carbocycles. The number of anilines is 1. The van der Waals surface area contributed by atoms with Crippen molar-refractivity contribution >= 4 is 11.9 Å². The van der Waals surface area contributed by atoms with E-state index < -0.39 is 5.82 Å². The van der Waals surface area contributed by atoms with Crippen molar-refractivity contribution in [2.45, 2.75) is 32.2 Å². The maximum atomic E-state index is 14.0. The standard InChI is InChI=1S/C25H29FN6O2/c1-2-34-24(33)32-16-25(17-32)6-5-20(12-25)30-7-9-31(10-8-30)23-21(11-19(26)15-29-23)22-4-3-18(13-27)14-28-22/h3-4,11,14-15,20H,2,5-10,12,16-17H2,1H3/t20-/m1/s1. The van der Waals surface area contributed by atoms with Crippen LogP contribution in [0.2, 0.25) is 0 Å². The predicted molar refractivity (Wildman–Crippen MR) is 125 cm³/mol. The molecule has 3 fully saturated rings. The Balaban J connectivity index is 1.21. The van der Waals surface area contributed by atoms with Crippen molar-refractivity contribution in [3.05, 3.63) is 42.0 Å². The van der Waals surface area contributed by atoms with Crippen molar-refractivity contribution in [2.24, 2.45) is 5.41 Å². The van der Waals surface area contributed by atoms with Crippen LogP contribution in [-0.4, -0.2) is 77.8 Å². The van der Waals surface area contributed by atoms with E-state index in [1.165, 1.54) is 18.5 Å². The molecule has 1 atom stereocenters. The fourth-order valence-electron chi connectivity index (χ4n) is 5.67. The number of likely N-dealkylation sites (tertiary alicyclic amines) is 1. The van der Waals surface area contributed by atoms with Crippen LogP contribution >= 0.6 is 0 Å². The second kappa shape index (κ2) is 9.18. The Morgan fingerprint density at radius 3 is 2.71 bits per heavy atom. The van der Waals surface area contributed by atoms with Gasteiger partial charge in [-0.05, 0) is 44.4 Å². The van der Waals surface area contributed by atoms with Gasteiger partial charge in [0.25, 0.3) is 0 Å². The van der Waals surface area contributed by atoms with E-state index in [-0.39, 0.29) is 11.5 Å². The van der Waals surface area contributed by atoms with Gasteiger partial charge < -0.3 is 14.5 Å². The molecule has 0 radical (unpaired) electrons. The lowest BCUT2D eigenvalue weighted by Crippen LogP contribution is -2.58. The molecule has 1 spiro atoms. The zero-order valence-electron chi connectivity index (χ0n) is 19.4. The van der Waals surface area contributed by atoms with Crippen LogP contribution < -0.4 is 4.90 Å². The number of piperazine rings is 1. The minimum atomic E-state index is -0.405. The molecule has 2 aromatic heterocycles. The molecule has 5 rings (SSSR count). The number of pyridine rings is 2. The fraction of sp³-hybridized carbons (Fsp3) is 0.520. The Kier molecular flexibility index (Phi) is 6.09. The number of nitriles is 1. The normalized spacial score (nSPS) is 21.9. The topological polar surface area (TPSA) is 85.6 Å². The van der Waals surface area contributed by atoms with Crippen molar-refractivity contribution in [2.75, 3.05) is 50.8 Å². The molecule has 2 aliphatic heterocycles. The number of nitrogens with zero attached hydrogens (tertiary/aromatic N) is 6. The predicted octanol–water partition coefficient (Wildman–Crippen LogP) is 3.29. The molecule has 3 aliphatic rings. The first-order valence-electron chi connectivity index (χ1n) is 11.9. The molecule has 34 heavy (non-hydrogen) atoms. The van der Waals surface area contributed by atoms with E-state index in [1.54, 1.807) is 12.1 Å². The molecular formula is C25H29FN6O2. The smallest absolute Gasteiger partial charge is 0.409 e. The molecule has 0 N–H and O–H groups in total. The Morgan fingerprint density at radius 2 is 2.03 bits per heavy atom. The quantitative estimate of drug-likeness (QED) is 0.686. The molecular weight excluding hydrogens is 435 g/mol. The zero-order chi connectivity index (χ0) is 23.7. The van der Waals surface area contributed by atoms with Crippen LogP contribution in [0.4, 0.5) is 15.0 Å². The molecule has 0 bridgehead atoms. The van der Waals surface area contributed by atoms with Crippen LogP contribution in [0.25, 0.3) is 11.3 Å². The highest BCUT2D eigenvalue weighted by atomic mass is 19.1. The number of carbonyl (C=O) groups excluding carboxylic acids is 1. The summed E-state index contributed by atoms with van der Waals surface area (Å²) in [6.45, 7) is 7.32. The molecule has 0 unspecified atom stereocenters. The highest BCUT2D eigenvalue weighted by Crippen LogP contribution is 2.47. The van der Waals surface area contributed by atoms with Crippen LogP contribution in [-0.2, 0) is 4.74 Å². The molecule has 8 nitrogen and oxygen atoms in total. The monoisotopic (exact) mass is 464 g/mol. The molecule has 4 heterocycles. The van der Waals surface area contributed by atoms with Crippen molar-refractivity contribution < 1.29 is 13.9 Å². The molecule has 178 valence electrons. The van der Waals surface area contributed by atoms with Crippen molar-refractivity contribution in [1.82, 2.24) is 19.8 Å². The molecule has 2 aromatic rings. The first-order chi connectivity index (χ1) is 16.5. The maximum Gasteiger partial charge on any atom is 0.409 e. The molecule has 1 amide bonds. The summed E-state index contributed by atoms with van der Waals surface area (Å²) in [6.07, 6.45) is 6.00. The van der Waals surface area contributed by atoms with Gasteiger partial charge in [-0.1, -0.05) is 0 Å². The van der Waals surface area contributed by atoms with E-state index in [0.717, 1.165) is 64.3 Å². The summed E-state index contributed by atoms with van der Waals surface area (Å²) >= 11 is 0. The van der Waals surface area contributed by atoms with Gasteiger partial charge >= 0.3 is 6.09 Å². The lowest BCUT2D eigenvalue weighted by molar-refractivity contribution is -0.00294. The number of halogens is 1. The third-order valence-electron chi connectivity index (χ3n) is 7.39. The van der Waals surface area contributed by atoms with E-state index in [4.69, 9.17) is 10.00 Å². The first-order valence-corrected chi connectivity index (χ1v) is 11.9. The van der Waals surface area contributed by atoms with Gasteiger partial charge in [0, 0.05) is 62.5 Å². The Hall–Kier alpha value is -3.25. The molecule has 2 saturated heterocycles. The minimum absolute atomic E-state index is 0.190. The molecule has 0 aromatic carbocycles. The van der Waals surface area contributed by atoms with Crippen LogP contribution in [0.15, 0.2) is 30.6 Å². The number of ether oxygens (including phenoxy) is 1. The van der Waals surface area contributed by atoms with Crippen LogP contribution in [0.3, 0.4) is 0 Å². The summed E-state index contributed by atoms with van der Waals surface area (Å²) in [7, 11) is 0. The van der Waals surface area contributed by atoms with Gasteiger partial charge in [0.2, 0.25) is 0 Å². The lowest BCUT2D eigenvalue weighted by atomic mass is 9.78. The Bertz CT molecular complexity index is 1090. The summed E-state index contributed by atoms with van der Waals surface area (Å²) in [5.41, 5.74) is 1.97. The third-order valence-corrected chi connectivity index (χ3v) is 7.39. The van der Waals surface area contributed by atoms with Gasteiger partial charge in [-0.25, -0.2) is 14.2 Å².